The van der Waals surface area contributed by atoms with Crippen molar-refractivity contribution in [2.75, 3.05) is 13.1 Å². The van der Waals surface area contributed by atoms with Crippen molar-refractivity contribution >= 4 is 17.2 Å². The molecule has 0 unspecified atom stereocenters. The molecule has 6 heteroatoms. The first-order chi connectivity index (χ1) is 10.2. The van der Waals surface area contributed by atoms with Crippen LogP contribution in [-0.2, 0) is 6.42 Å². The minimum absolute atomic E-state index is 0.0593. The van der Waals surface area contributed by atoms with Crippen LogP contribution in [0.2, 0.25) is 0 Å². The smallest absolute Gasteiger partial charge is 0.252 e. The Hall–Kier alpha value is -2.10. The molecule has 4 N–H and O–H groups in total. The number of nitrogens with one attached hydrogen (secondary N) is 2. The molecular formula is C15H18N4OS. The van der Waals surface area contributed by atoms with Crippen LogP contribution in [0, 0.1) is 18.8 Å². The molecule has 0 atom stereocenters. The van der Waals surface area contributed by atoms with Crippen LogP contribution in [0.25, 0.3) is 0 Å². The highest BCUT2D eigenvalue weighted by Gasteiger charge is 2.07. The summed E-state index contributed by atoms with van der Waals surface area (Å²) in [7, 11) is 0. The largest absolute Gasteiger partial charge is 0.352 e. The Kier molecular flexibility index (Phi) is 5.55. The van der Waals surface area contributed by atoms with Gasteiger partial charge in [0.2, 0.25) is 0 Å². The van der Waals surface area contributed by atoms with Gasteiger partial charge in [0, 0.05) is 17.6 Å². The highest BCUT2D eigenvalue weighted by Crippen LogP contribution is 2.13. The Balaban J connectivity index is 1.77. The van der Waals surface area contributed by atoms with E-state index < -0.39 is 0 Å². The van der Waals surface area contributed by atoms with Gasteiger partial charge < -0.3 is 11.1 Å². The molecule has 21 heavy (non-hydrogen) atoms. The van der Waals surface area contributed by atoms with Crippen molar-refractivity contribution in [3.63, 3.8) is 0 Å². The van der Waals surface area contributed by atoms with Gasteiger partial charge in [-0.15, -0.1) is 11.3 Å². The summed E-state index contributed by atoms with van der Waals surface area (Å²) >= 11 is 1.45. The molecular weight excluding hydrogens is 284 g/mol. The topological polar surface area (TPSA) is 83.8 Å². The fraction of sp³-hybridized carbons (Fsp3) is 0.333. The van der Waals surface area contributed by atoms with Gasteiger partial charge in [-0.25, -0.2) is 0 Å². The van der Waals surface area contributed by atoms with E-state index in [9.17, 15) is 4.79 Å². The van der Waals surface area contributed by atoms with Gasteiger partial charge in [0.15, 0.2) is 0 Å². The zero-order chi connectivity index (χ0) is 15.1. The number of hydrogen-bond donors (Lipinski definition) is 3. The van der Waals surface area contributed by atoms with Crippen molar-refractivity contribution < 1.29 is 4.79 Å². The number of H-pyrrole nitrogens is 1. The average Bonchev–Trinajstić information content (AvgIpc) is 3.10. The van der Waals surface area contributed by atoms with Gasteiger partial charge in [-0.2, -0.15) is 5.10 Å². The third-order valence-corrected chi connectivity index (χ3v) is 3.86. The molecule has 0 aliphatic carbocycles. The van der Waals surface area contributed by atoms with E-state index in [0.717, 1.165) is 23.4 Å². The molecule has 1 amide bonds. The number of amides is 1. The van der Waals surface area contributed by atoms with Gasteiger partial charge in [-0.05, 0) is 31.4 Å². The van der Waals surface area contributed by atoms with Gasteiger partial charge in [0.25, 0.3) is 5.91 Å². The van der Waals surface area contributed by atoms with E-state index in [0.29, 0.717) is 18.7 Å². The number of carbonyl (C=O) groups excluding carboxylic acids is 1. The normalized spacial score (nSPS) is 10.0. The molecule has 0 bridgehead atoms. The van der Waals surface area contributed by atoms with Gasteiger partial charge in [-0.3, -0.25) is 9.89 Å². The van der Waals surface area contributed by atoms with E-state index in [4.69, 9.17) is 5.73 Å². The molecule has 0 spiro atoms. The van der Waals surface area contributed by atoms with Crippen LogP contribution in [0.4, 0.5) is 0 Å². The number of aromatic nitrogens is 2. The lowest BCUT2D eigenvalue weighted by Crippen LogP contribution is -2.24. The van der Waals surface area contributed by atoms with Gasteiger partial charge in [-0.1, -0.05) is 11.8 Å². The van der Waals surface area contributed by atoms with Crippen LogP contribution < -0.4 is 11.1 Å². The maximum Gasteiger partial charge on any atom is 0.252 e. The van der Waals surface area contributed by atoms with E-state index in [1.54, 1.807) is 6.07 Å². The summed E-state index contributed by atoms with van der Waals surface area (Å²) in [5.74, 6) is 5.64. The van der Waals surface area contributed by atoms with Gasteiger partial charge in [0.05, 0.1) is 23.2 Å². The van der Waals surface area contributed by atoms with Crippen LogP contribution in [0.1, 0.15) is 32.9 Å². The third-order valence-electron chi connectivity index (χ3n) is 3.02. The fourth-order valence-corrected chi connectivity index (χ4v) is 2.62. The SMILES string of the molecule is Cc1[nH]ncc1CCCNC(=O)c1csc(C#CCN)c1. The second-order valence-corrected chi connectivity index (χ2v) is 5.50. The van der Waals surface area contributed by atoms with E-state index in [-0.39, 0.29) is 5.91 Å². The summed E-state index contributed by atoms with van der Waals surface area (Å²) in [4.78, 5) is 12.8. The van der Waals surface area contributed by atoms with Crippen molar-refractivity contribution in [1.82, 2.24) is 15.5 Å². The van der Waals surface area contributed by atoms with Crippen LogP contribution in [0.3, 0.4) is 0 Å². The maximum atomic E-state index is 12.0. The summed E-state index contributed by atoms with van der Waals surface area (Å²) < 4.78 is 0. The summed E-state index contributed by atoms with van der Waals surface area (Å²) in [6, 6.07) is 1.79. The van der Waals surface area contributed by atoms with Crippen LogP contribution in [0.15, 0.2) is 17.6 Å². The Bertz CT molecular complexity index is 663. The van der Waals surface area contributed by atoms with Crippen LogP contribution >= 0.6 is 11.3 Å². The average molecular weight is 302 g/mol. The monoisotopic (exact) mass is 302 g/mol. The predicted octanol–water partition coefficient (Wildman–Crippen LogP) is 1.45. The first-order valence-electron chi connectivity index (χ1n) is 6.75. The molecule has 0 saturated heterocycles. The molecule has 110 valence electrons. The lowest BCUT2D eigenvalue weighted by atomic mass is 10.1. The second kappa shape index (κ2) is 7.62. The van der Waals surface area contributed by atoms with Crippen LogP contribution in [0.5, 0.6) is 0 Å². The zero-order valence-corrected chi connectivity index (χ0v) is 12.7. The number of thiophene rings is 1. The fourth-order valence-electron chi connectivity index (χ4n) is 1.87. The second-order valence-electron chi connectivity index (χ2n) is 4.59. The molecule has 0 saturated carbocycles. The molecule has 0 radical (unpaired) electrons. The molecule has 5 nitrogen and oxygen atoms in total. The molecule has 2 aromatic heterocycles. The van der Waals surface area contributed by atoms with Gasteiger partial charge >= 0.3 is 0 Å². The highest BCUT2D eigenvalue weighted by molar-refractivity contribution is 7.10. The summed E-state index contributed by atoms with van der Waals surface area (Å²) in [5.41, 5.74) is 8.25. The van der Waals surface area contributed by atoms with E-state index in [2.05, 4.69) is 27.4 Å². The summed E-state index contributed by atoms with van der Waals surface area (Å²) in [6.45, 7) is 2.96. The number of nitrogens with zero attached hydrogens (tertiary/aromatic N) is 1. The lowest BCUT2D eigenvalue weighted by Gasteiger charge is -2.03. The third kappa shape index (κ3) is 4.45. The van der Waals surface area contributed by atoms with Gasteiger partial charge in [0.1, 0.15) is 0 Å². The standard InChI is InChI=1S/C15H18N4OS/c1-11-12(9-18-19-11)4-3-7-17-15(20)13-8-14(21-10-13)5-2-6-16/h8-10H,3-4,6-7,16H2,1H3,(H,17,20)(H,18,19). The van der Waals surface area contributed by atoms with E-state index >= 15 is 0 Å². The minimum Gasteiger partial charge on any atom is -0.352 e. The quantitative estimate of drug-likeness (QED) is 0.577. The van der Waals surface area contributed by atoms with Crippen molar-refractivity contribution in [3.05, 3.63) is 39.3 Å². The molecule has 0 aromatic carbocycles. The Morgan fingerprint density at radius 2 is 2.43 bits per heavy atom. The number of aromatic amines is 1. The lowest BCUT2D eigenvalue weighted by molar-refractivity contribution is 0.0953. The minimum atomic E-state index is -0.0593. The Morgan fingerprint density at radius 3 is 3.14 bits per heavy atom. The summed E-state index contributed by atoms with van der Waals surface area (Å²) in [5, 5.41) is 11.6. The molecule has 2 heterocycles. The Morgan fingerprint density at radius 1 is 1.57 bits per heavy atom. The zero-order valence-electron chi connectivity index (χ0n) is 11.9. The van der Waals surface area contributed by atoms with Crippen molar-refractivity contribution in [2.24, 2.45) is 5.73 Å². The first kappa shape index (κ1) is 15.3. The summed E-state index contributed by atoms with van der Waals surface area (Å²) in [6.07, 6.45) is 3.62. The van der Waals surface area contributed by atoms with Crippen molar-refractivity contribution in [1.29, 1.82) is 0 Å². The van der Waals surface area contributed by atoms with E-state index in [1.807, 2.05) is 18.5 Å². The number of rotatable bonds is 5. The molecule has 0 aliphatic heterocycles. The number of carbonyl (C=O) groups is 1. The molecule has 2 aromatic rings. The van der Waals surface area contributed by atoms with Crippen LogP contribution in [-0.4, -0.2) is 29.2 Å². The highest BCUT2D eigenvalue weighted by atomic mass is 32.1. The Labute approximate surface area is 127 Å². The first-order valence-corrected chi connectivity index (χ1v) is 7.63. The molecule has 0 aliphatic rings. The van der Waals surface area contributed by atoms with Crippen molar-refractivity contribution in [3.8, 4) is 11.8 Å². The van der Waals surface area contributed by atoms with E-state index in [1.165, 1.54) is 16.9 Å². The predicted molar refractivity (Wildman–Crippen MR) is 84.2 cm³/mol. The van der Waals surface area contributed by atoms with Crippen molar-refractivity contribution in [2.45, 2.75) is 19.8 Å². The number of nitrogens with two attached hydrogens (primary N) is 1. The molecule has 0 fully saturated rings. The maximum absolute atomic E-state index is 12.0. The number of hydrogen-bond acceptors (Lipinski definition) is 4. The molecule has 2 rings (SSSR count). The number of aryl methyl sites for hydroxylation is 2.